The molecular formula is C32H41N3O9S. The van der Waals surface area contributed by atoms with Gasteiger partial charge in [0, 0.05) is 24.7 Å². The van der Waals surface area contributed by atoms with Crippen LogP contribution >= 0.6 is 0 Å². The summed E-state index contributed by atoms with van der Waals surface area (Å²) in [5.41, 5.74) is 0.737. The molecule has 0 spiro atoms. The third-order valence-electron chi connectivity index (χ3n) is 6.96. The van der Waals surface area contributed by atoms with Crippen molar-refractivity contribution in [3.8, 4) is 28.7 Å². The smallest absolute Gasteiger partial charge is 0.265 e. The number of rotatable bonds is 15. The Balaban J connectivity index is 2.18. The fourth-order valence-electron chi connectivity index (χ4n) is 4.56. The van der Waals surface area contributed by atoms with Crippen LogP contribution in [0.1, 0.15) is 26.3 Å². The first-order chi connectivity index (χ1) is 21.4. The second kappa shape index (κ2) is 15.4. The average Bonchev–Trinajstić information content (AvgIpc) is 3.04. The van der Waals surface area contributed by atoms with E-state index < -0.39 is 34.4 Å². The number of methoxy groups -OCH3 is 5. The highest BCUT2D eigenvalue weighted by atomic mass is 32.2. The zero-order valence-corrected chi connectivity index (χ0v) is 27.6. The number of anilines is 1. The van der Waals surface area contributed by atoms with Crippen LogP contribution in [0.5, 0.6) is 28.7 Å². The maximum Gasteiger partial charge on any atom is 0.265 e. The molecule has 0 fully saturated rings. The zero-order chi connectivity index (χ0) is 33.3. The largest absolute Gasteiger partial charge is 0.497 e. The van der Waals surface area contributed by atoms with Crippen molar-refractivity contribution in [3.63, 3.8) is 0 Å². The number of carbonyl (C=O) groups excluding carboxylic acids is 2. The first kappa shape index (κ1) is 34.8. The number of benzene rings is 3. The lowest BCUT2D eigenvalue weighted by molar-refractivity contribution is -0.139. The van der Waals surface area contributed by atoms with Crippen molar-refractivity contribution < 1.29 is 41.7 Å². The second-order valence-corrected chi connectivity index (χ2v) is 12.1. The SMILES string of the molecule is COc1cccc(CN(C(=O)CN(c2cc(OC)ccc2OC)S(=O)(=O)c2ccc(OC)c(OC)c2)[C@H](C)C(=O)NC(C)C)c1. The third-order valence-corrected chi connectivity index (χ3v) is 8.72. The molecule has 3 aromatic rings. The van der Waals surface area contributed by atoms with Crippen LogP contribution in [0.3, 0.4) is 0 Å². The molecule has 1 N–H and O–H groups in total. The Labute approximate surface area is 264 Å². The molecule has 2 amide bonds. The van der Waals surface area contributed by atoms with E-state index in [2.05, 4.69) is 5.32 Å². The van der Waals surface area contributed by atoms with Gasteiger partial charge in [0.05, 0.1) is 46.1 Å². The van der Waals surface area contributed by atoms with E-state index in [1.54, 1.807) is 43.3 Å². The molecule has 0 bridgehead atoms. The molecule has 13 heteroatoms. The van der Waals surface area contributed by atoms with Crippen LogP contribution in [0.25, 0.3) is 0 Å². The molecule has 0 aliphatic heterocycles. The van der Waals surface area contributed by atoms with Gasteiger partial charge in [0.15, 0.2) is 11.5 Å². The van der Waals surface area contributed by atoms with Crippen LogP contribution in [-0.4, -0.2) is 79.3 Å². The Morgan fingerprint density at radius 1 is 0.756 bits per heavy atom. The van der Waals surface area contributed by atoms with Crippen molar-refractivity contribution in [3.05, 3.63) is 66.2 Å². The molecule has 0 aliphatic rings. The number of nitrogens with one attached hydrogen (secondary N) is 1. The number of nitrogens with zero attached hydrogens (tertiary/aromatic N) is 2. The number of carbonyl (C=O) groups is 2. The summed E-state index contributed by atoms with van der Waals surface area (Å²) in [7, 11) is 2.73. The highest BCUT2D eigenvalue weighted by molar-refractivity contribution is 7.92. The Hall–Kier alpha value is -4.65. The summed E-state index contributed by atoms with van der Waals surface area (Å²) in [6, 6.07) is 14.7. The Bertz CT molecular complexity index is 1590. The van der Waals surface area contributed by atoms with E-state index in [0.717, 1.165) is 4.31 Å². The van der Waals surface area contributed by atoms with E-state index in [0.29, 0.717) is 22.8 Å². The van der Waals surface area contributed by atoms with Gasteiger partial charge in [0.1, 0.15) is 29.8 Å². The molecule has 0 unspecified atom stereocenters. The van der Waals surface area contributed by atoms with Crippen LogP contribution in [-0.2, 0) is 26.2 Å². The van der Waals surface area contributed by atoms with E-state index in [1.165, 1.54) is 64.7 Å². The van der Waals surface area contributed by atoms with Crippen LogP contribution in [0.15, 0.2) is 65.6 Å². The van der Waals surface area contributed by atoms with Crippen LogP contribution in [0.4, 0.5) is 5.69 Å². The minimum absolute atomic E-state index is 0.00219. The van der Waals surface area contributed by atoms with Gasteiger partial charge in [-0.2, -0.15) is 0 Å². The van der Waals surface area contributed by atoms with Gasteiger partial charge in [0.25, 0.3) is 10.0 Å². The van der Waals surface area contributed by atoms with Crippen molar-refractivity contribution in [2.75, 3.05) is 46.4 Å². The van der Waals surface area contributed by atoms with E-state index in [-0.39, 0.29) is 34.7 Å². The molecule has 0 aliphatic carbocycles. The maximum absolute atomic E-state index is 14.4. The lowest BCUT2D eigenvalue weighted by Crippen LogP contribution is -2.52. The fourth-order valence-corrected chi connectivity index (χ4v) is 6.00. The predicted octanol–water partition coefficient (Wildman–Crippen LogP) is 3.87. The molecule has 244 valence electrons. The number of amides is 2. The van der Waals surface area contributed by atoms with Gasteiger partial charge in [-0.05, 0) is 62.7 Å². The molecule has 3 rings (SSSR count). The monoisotopic (exact) mass is 643 g/mol. The number of ether oxygens (including phenoxy) is 5. The molecule has 3 aromatic carbocycles. The molecule has 45 heavy (non-hydrogen) atoms. The van der Waals surface area contributed by atoms with Gasteiger partial charge in [0.2, 0.25) is 11.8 Å². The third kappa shape index (κ3) is 8.29. The first-order valence-corrected chi connectivity index (χ1v) is 15.5. The van der Waals surface area contributed by atoms with E-state index in [4.69, 9.17) is 23.7 Å². The highest BCUT2D eigenvalue weighted by Gasteiger charge is 2.34. The first-order valence-electron chi connectivity index (χ1n) is 14.1. The van der Waals surface area contributed by atoms with Crippen molar-refractivity contribution in [1.29, 1.82) is 0 Å². The van der Waals surface area contributed by atoms with Crippen molar-refractivity contribution in [1.82, 2.24) is 10.2 Å². The summed E-state index contributed by atoms with van der Waals surface area (Å²) in [4.78, 5) is 28.6. The highest BCUT2D eigenvalue weighted by Crippen LogP contribution is 2.38. The van der Waals surface area contributed by atoms with Crippen LogP contribution in [0, 0.1) is 0 Å². The van der Waals surface area contributed by atoms with E-state index in [1.807, 2.05) is 13.8 Å². The molecule has 0 heterocycles. The summed E-state index contributed by atoms with van der Waals surface area (Å²) in [5.74, 6) is 0.556. The Morgan fingerprint density at radius 3 is 1.98 bits per heavy atom. The fraction of sp³-hybridized carbons (Fsp3) is 0.375. The van der Waals surface area contributed by atoms with Crippen molar-refractivity contribution >= 4 is 27.5 Å². The quantitative estimate of drug-likeness (QED) is 0.262. The van der Waals surface area contributed by atoms with Gasteiger partial charge in [-0.3, -0.25) is 13.9 Å². The van der Waals surface area contributed by atoms with Gasteiger partial charge < -0.3 is 33.9 Å². The van der Waals surface area contributed by atoms with Crippen molar-refractivity contribution in [2.24, 2.45) is 0 Å². The summed E-state index contributed by atoms with van der Waals surface area (Å²) >= 11 is 0. The molecule has 0 saturated heterocycles. The van der Waals surface area contributed by atoms with Crippen molar-refractivity contribution in [2.45, 2.75) is 44.3 Å². The summed E-state index contributed by atoms with van der Waals surface area (Å²) in [6.45, 7) is 4.54. The van der Waals surface area contributed by atoms with E-state index >= 15 is 0 Å². The number of hydrogen-bond acceptors (Lipinski definition) is 9. The van der Waals surface area contributed by atoms with Gasteiger partial charge >= 0.3 is 0 Å². The minimum atomic E-state index is -4.45. The lowest BCUT2D eigenvalue weighted by Gasteiger charge is -2.32. The van der Waals surface area contributed by atoms with Crippen LogP contribution < -0.4 is 33.3 Å². The standard InChI is InChI=1S/C32H41N3O9S/c1-21(2)33-32(37)22(3)34(19-23-10-9-11-24(16-23)40-4)31(36)20-35(27-17-25(41-5)12-14-28(27)42-6)45(38,39)26-13-15-29(43-7)30(18-26)44-8/h9-18,21-22H,19-20H2,1-8H3,(H,33,37)/t22-/m1/s1. The van der Waals surface area contributed by atoms with Gasteiger partial charge in [-0.15, -0.1) is 0 Å². The lowest BCUT2D eigenvalue weighted by atomic mass is 10.1. The zero-order valence-electron chi connectivity index (χ0n) is 26.8. The average molecular weight is 644 g/mol. The topological polar surface area (TPSA) is 133 Å². The number of hydrogen-bond donors (Lipinski definition) is 1. The maximum atomic E-state index is 14.4. The molecule has 12 nitrogen and oxygen atoms in total. The Kier molecular flexibility index (Phi) is 11.9. The van der Waals surface area contributed by atoms with Crippen LogP contribution in [0.2, 0.25) is 0 Å². The summed E-state index contributed by atoms with van der Waals surface area (Å²) in [5, 5.41) is 2.83. The minimum Gasteiger partial charge on any atom is -0.497 e. The second-order valence-electron chi connectivity index (χ2n) is 10.3. The Morgan fingerprint density at radius 2 is 1.38 bits per heavy atom. The summed E-state index contributed by atoms with van der Waals surface area (Å²) in [6.07, 6.45) is 0. The van der Waals surface area contributed by atoms with E-state index in [9.17, 15) is 18.0 Å². The van der Waals surface area contributed by atoms with Gasteiger partial charge in [-0.1, -0.05) is 12.1 Å². The molecule has 0 saturated carbocycles. The molecular weight excluding hydrogens is 602 g/mol. The summed E-state index contributed by atoms with van der Waals surface area (Å²) < 4.78 is 56.6. The predicted molar refractivity (Wildman–Crippen MR) is 170 cm³/mol. The molecule has 0 radical (unpaired) electrons. The number of sulfonamides is 1. The van der Waals surface area contributed by atoms with Gasteiger partial charge in [-0.25, -0.2) is 8.42 Å². The normalized spacial score (nSPS) is 11.8. The molecule has 0 aromatic heterocycles. The molecule has 1 atom stereocenters.